The van der Waals surface area contributed by atoms with Crippen molar-refractivity contribution in [2.24, 2.45) is 5.90 Å². The van der Waals surface area contributed by atoms with Crippen molar-refractivity contribution >= 4 is 18.0 Å². The lowest BCUT2D eigenvalue weighted by Gasteiger charge is -2.32. The van der Waals surface area contributed by atoms with E-state index in [4.69, 9.17) is 25.5 Å². The zero-order valence-electron chi connectivity index (χ0n) is 20.3. The zero-order chi connectivity index (χ0) is 24.8. The van der Waals surface area contributed by atoms with Gasteiger partial charge in [0.2, 0.25) is 0 Å². The Morgan fingerprint density at radius 2 is 1.67 bits per heavy atom. The van der Waals surface area contributed by atoms with Crippen molar-refractivity contribution in [2.45, 2.75) is 65.2 Å². The summed E-state index contributed by atoms with van der Waals surface area (Å²) in [4.78, 5) is 32.9. The smallest absolute Gasteiger partial charge is 0.416 e. The number of amidine groups is 1. The number of nitrogens with one attached hydrogen (secondary N) is 1. The van der Waals surface area contributed by atoms with Crippen LogP contribution in [0.15, 0.2) is 24.3 Å². The molecule has 2 rings (SSSR count). The number of hydrogen-bond acceptors (Lipinski definition) is 8. The van der Waals surface area contributed by atoms with Gasteiger partial charge in [-0.1, -0.05) is 0 Å². The third-order valence-electron chi connectivity index (χ3n) is 4.61. The predicted octanol–water partition coefficient (Wildman–Crippen LogP) is 3.53. The normalized spacial score (nSPS) is 16.3. The molecule has 0 saturated carbocycles. The van der Waals surface area contributed by atoms with Gasteiger partial charge in [0.1, 0.15) is 36.0 Å². The van der Waals surface area contributed by atoms with Crippen LogP contribution in [0.25, 0.3) is 0 Å². The molecule has 1 aromatic rings. The molecule has 0 unspecified atom stereocenters. The summed E-state index contributed by atoms with van der Waals surface area (Å²) in [5.74, 6) is 5.56. The highest BCUT2D eigenvalue weighted by molar-refractivity contribution is 6.05. The molecule has 1 aliphatic rings. The molecule has 3 N–H and O–H groups in total. The Balaban J connectivity index is 2.20. The molecule has 1 aromatic carbocycles. The van der Waals surface area contributed by atoms with Gasteiger partial charge in [-0.25, -0.2) is 15.5 Å². The first-order valence-corrected chi connectivity index (χ1v) is 10.9. The molecule has 1 atom stereocenters. The van der Waals surface area contributed by atoms with Crippen molar-refractivity contribution in [1.82, 2.24) is 9.80 Å². The summed E-state index contributed by atoms with van der Waals surface area (Å²) in [6.45, 7) is 11.9. The van der Waals surface area contributed by atoms with Gasteiger partial charge in [0.05, 0.1) is 6.04 Å². The maximum Gasteiger partial charge on any atom is 0.416 e. The Kier molecular flexibility index (Phi) is 8.68. The number of nitrogens with two attached hydrogens (primary N) is 1. The maximum atomic E-state index is 13.1. The average Bonchev–Trinajstić information content (AvgIpc) is 3.16. The van der Waals surface area contributed by atoms with Crippen LogP contribution in [0.1, 0.15) is 53.5 Å². The molecule has 10 nitrogen and oxygen atoms in total. The van der Waals surface area contributed by atoms with Gasteiger partial charge in [-0.15, -0.1) is 0 Å². The largest absolute Gasteiger partial charge is 0.491 e. The van der Waals surface area contributed by atoms with Gasteiger partial charge in [-0.3, -0.25) is 10.3 Å². The Labute approximate surface area is 195 Å². The molecule has 1 heterocycles. The first kappa shape index (κ1) is 26.4. The van der Waals surface area contributed by atoms with E-state index in [0.717, 1.165) is 0 Å². The van der Waals surface area contributed by atoms with E-state index >= 15 is 0 Å². The minimum Gasteiger partial charge on any atom is -0.491 e. The number of ether oxygens (including phenoxy) is 3. The summed E-state index contributed by atoms with van der Waals surface area (Å²) < 4.78 is 16.5. The van der Waals surface area contributed by atoms with Gasteiger partial charge in [-0.05, 0) is 72.2 Å². The summed E-state index contributed by atoms with van der Waals surface area (Å²) in [5.41, 5.74) is -0.840. The lowest BCUT2D eigenvalue weighted by molar-refractivity contribution is 0.0235. The summed E-state index contributed by atoms with van der Waals surface area (Å²) in [6.07, 6.45) is -0.575. The summed E-state index contributed by atoms with van der Waals surface area (Å²) in [6, 6.07) is 6.38. The number of rotatable bonds is 6. The van der Waals surface area contributed by atoms with Crippen molar-refractivity contribution in [3.05, 3.63) is 29.8 Å². The van der Waals surface area contributed by atoms with Crippen LogP contribution in [-0.2, 0) is 14.3 Å². The molecule has 10 heteroatoms. The molecule has 1 aliphatic heterocycles. The molecule has 0 radical (unpaired) electrons. The second-order valence-electron chi connectivity index (χ2n) is 9.81. The number of amides is 2. The van der Waals surface area contributed by atoms with Crippen LogP contribution in [0, 0.1) is 5.41 Å². The van der Waals surface area contributed by atoms with Crippen molar-refractivity contribution in [3.63, 3.8) is 0 Å². The SMILES string of the molecule is CC(C)(C)OC(=O)N1CC[C@H](N(C(=N)c2ccc(OCCON)cc2)C(=O)OC(C)(C)C)C1. The third-order valence-corrected chi connectivity index (χ3v) is 4.61. The third kappa shape index (κ3) is 8.21. The van der Waals surface area contributed by atoms with E-state index in [-0.39, 0.29) is 19.0 Å². The standard InChI is InChI=1S/C23H36N4O6/c1-22(2,3)32-20(28)26-12-11-17(15-26)27(21(29)33-23(4,5)6)19(24)16-7-9-18(10-8-16)30-13-14-31-25/h7-10,17,24H,11-15,25H2,1-6H3/t17-/m0/s1. The minimum atomic E-state index is -0.734. The van der Waals surface area contributed by atoms with Crippen molar-refractivity contribution in [1.29, 1.82) is 5.41 Å². The van der Waals surface area contributed by atoms with Gasteiger partial charge >= 0.3 is 12.2 Å². The molecule has 2 amide bonds. The van der Waals surface area contributed by atoms with Crippen molar-refractivity contribution < 1.29 is 28.6 Å². The Bertz CT molecular complexity index is 829. The van der Waals surface area contributed by atoms with Crippen LogP contribution in [0.5, 0.6) is 5.75 Å². The van der Waals surface area contributed by atoms with Gasteiger partial charge in [-0.2, -0.15) is 0 Å². The van der Waals surface area contributed by atoms with Gasteiger partial charge in [0, 0.05) is 18.7 Å². The number of benzene rings is 1. The molecule has 0 bridgehead atoms. The van der Waals surface area contributed by atoms with Gasteiger partial charge in [0.15, 0.2) is 0 Å². The highest BCUT2D eigenvalue weighted by Gasteiger charge is 2.38. The molecule has 0 spiro atoms. The Morgan fingerprint density at radius 1 is 1.06 bits per heavy atom. The topological polar surface area (TPSA) is 127 Å². The van der Waals surface area contributed by atoms with E-state index in [9.17, 15) is 9.59 Å². The van der Waals surface area contributed by atoms with E-state index in [1.165, 1.54) is 4.90 Å². The van der Waals surface area contributed by atoms with E-state index in [2.05, 4.69) is 4.84 Å². The first-order chi connectivity index (χ1) is 15.3. The minimum absolute atomic E-state index is 0.0165. The van der Waals surface area contributed by atoms with Gasteiger partial charge in [0.25, 0.3) is 0 Å². The van der Waals surface area contributed by atoms with Crippen molar-refractivity contribution in [3.8, 4) is 5.75 Å². The zero-order valence-corrected chi connectivity index (χ0v) is 20.3. The highest BCUT2D eigenvalue weighted by Crippen LogP contribution is 2.24. The number of likely N-dealkylation sites (tertiary alicyclic amines) is 1. The van der Waals surface area contributed by atoms with E-state index in [1.54, 1.807) is 70.7 Å². The molecule has 0 aromatic heterocycles. The summed E-state index contributed by atoms with van der Waals surface area (Å²) in [7, 11) is 0. The van der Waals surface area contributed by atoms with Gasteiger partial charge < -0.3 is 23.9 Å². The van der Waals surface area contributed by atoms with Crippen LogP contribution < -0.4 is 10.6 Å². The fourth-order valence-electron chi connectivity index (χ4n) is 3.23. The van der Waals surface area contributed by atoms with Crippen LogP contribution in [0.4, 0.5) is 9.59 Å². The summed E-state index contributed by atoms with van der Waals surface area (Å²) in [5, 5.41) is 8.76. The Morgan fingerprint density at radius 3 is 2.21 bits per heavy atom. The fourth-order valence-corrected chi connectivity index (χ4v) is 3.23. The lowest BCUT2D eigenvalue weighted by Crippen LogP contribution is -2.48. The molecular weight excluding hydrogens is 428 g/mol. The summed E-state index contributed by atoms with van der Waals surface area (Å²) >= 11 is 0. The lowest BCUT2D eigenvalue weighted by atomic mass is 10.1. The quantitative estimate of drug-likeness (QED) is 0.285. The number of carbonyl (C=O) groups excluding carboxylic acids is 2. The van der Waals surface area contributed by atoms with E-state index in [1.807, 2.05) is 0 Å². The second kappa shape index (κ2) is 10.8. The van der Waals surface area contributed by atoms with Crippen molar-refractivity contribution in [2.75, 3.05) is 26.3 Å². The molecule has 1 fully saturated rings. The monoisotopic (exact) mass is 464 g/mol. The maximum absolute atomic E-state index is 13.1. The predicted molar refractivity (Wildman–Crippen MR) is 123 cm³/mol. The second-order valence-corrected chi connectivity index (χ2v) is 9.81. The van der Waals surface area contributed by atoms with Crippen LogP contribution >= 0.6 is 0 Å². The van der Waals surface area contributed by atoms with E-state index < -0.39 is 29.4 Å². The van der Waals surface area contributed by atoms with E-state index in [0.29, 0.717) is 30.9 Å². The molecule has 33 heavy (non-hydrogen) atoms. The fraction of sp³-hybridized carbons (Fsp3) is 0.609. The average molecular weight is 465 g/mol. The highest BCUT2D eigenvalue weighted by atomic mass is 16.6. The molecule has 184 valence electrons. The first-order valence-electron chi connectivity index (χ1n) is 10.9. The molecule has 1 saturated heterocycles. The molecule has 0 aliphatic carbocycles. The number of carbonyl (C=O) groups is 2. The number of nitrogens with zero attached hydrogens (tertiary/aromatic N) is 2. The van der Waals surface area contributed by atoms with Crippen LogP contribution in [0.2, 0.25) is 0 Å². The Hall–Kier alpha value is -2.85. The van der Waals surface area contributed by atoms with Crippen LogP contribution in [0.3, 0.4) is 0 Å². The van der Waals surface area contributed by atoms with Crippen LogP contribution in [-0.4, -0.2) is 71.4 Å². The molecular formula is C23H36N4O6. The number of hydrogen-bond donors (Lipinski definition) is 2.